The summed E-state index contributed by atoms with van der Waals surface area (Å²) in [6.07, 6.45) is 26.7. The van der Waals surface area contributed by atoms with Crippen LogP contribution in [-0.4, -0.2) is 72.5 Å². The standard InChI is InChI=1S/C12H24O.C11H22O.C10H20BNO3.C2H5I4.CH3.Zn/c1-2-3-4-5-6-7-8-11-9-12(11)10-13;1-2-3-4-5-6-7-8-9-10-11-12;1-5-6-7-11-14-8(2)9(15-11)10(13)12(3)4;3-1-4-6-2-5-6;;/h11-13H,2-10H2,1H3;9-10,12H,2-8,11H2,1H3;8-9H,5-7H2,1-4H3;5H,1-2H2;1H3;/q;;;2*-1;/b;10-9-;;;;/t11-,12-;;8-,9+;;;/m1.0.../s1. The fraction of sp³-hybridized carbons (Fsp3) is 0.889. The number of alkyl halides is 4. The van der Waals surface area contributed by atoms with Crippen molar-refractivity contribution in [3.63, 3.8) is 0 Å². The van der Waals surface area contributed by atoms with E-state index in [0.29, 0.717) is 12.5 Å². The van der Waals surface area contributed by atoms with Crippen LogP contribution in [0, 0.1) is 19.3 Å². The molecule has 2 aliphatic heterocycles. The Kier molecular flexibility index (Phi) is 45.1. The normalized spacial score (nSPS) is 21.3. The number of aliphatic hydroxyl groups is 2. The summed E-state index contributed by atoms with van der Waals surface area (Å²) in [5.74, 6) is 1.55. The van der Waals surface area contributed by atoms with Crippen molar-refractivity contribution in [1.82, 2.24) is 4.90 Å². The van der Waals surface area contributed by atoms with E-state index in [1.54, 1.807) is 21.4 Å². The fourth-order valence-corrected chi connectivity index (χ4v) is 93.8. The summed E-state index contributed by atoms with van der Waals surface area (Å²) in [5, 5.41) is 17.3. The molecule has 6 nitrogen and oxygen atoms in total. The van der Waals surface area contributed by atoms with Gasteiger partial charge in [-0.3, -0.25) is 4.79 Å². The monoisotopic (exact) mass is 1180 g/mol. The van der Waals surface area contributed by atoms with Gasteiger partial charge in [-0.15, -0.1) is 0 Å². The molecule has 0 unspecified atom stereocenters. The average Bonchev–Trinajstić information content (AvgIpc) is 3.98. The van der Waals surface area contributed by atoms with Crippen LogP contribution in [0.15, 0.2) is 12.2 Å². The predicted octanol–water partition coefficient (Wildman–Crippen LogP) is 7.74. The number of aliphatic hydroxyl groups excluding tert-OH is 2. The molecule has 0 aromatic carbocycles. The molecule has 48 heavy (non-hydrogen) atoms. The maximum atomic E-state index is 11.7. The molecule has 0 aromatic rings. The van der Waals surface area contributed by atoms with Crippen LogP contribution >= 0.6 is 51.7 Å². The quantitative estimate of drug-likeness (QED) is 0.0290. The summed E-state index contributed by atoms with van der Waals surface area (Å²) in [4.78, 5) is 13.2. The number of halogens is 4. The minimum Gasteiger partial charge on any atom is -0.358 e. The van der Waals surface area contributed by atoms with Gasteiger partial charge in [0.1, 0.15) is 6.10 Å². The molecule has 3 rings (SSSR count). The van der Waals surface area contributed by atoms with Gasteiger partial charge in [0.25, 0.3) is 5.91 Å². The van der Waals surface area contributed by atoms with E-state index >= 15 is 0 Å². The van der Waals surface area contributed by atoms with Gasteiger partial charge in [0, 0.05) is 40.2 Å². The molecule has 4 atom stereocenters. The van der Waals surface area contributed by atoms with Gasteiger partial charge in [-0.1, -0.05) is 123 Å². The summed E-state index contributed by atoms with van der Waals surface area (Å²) in [7, 11) is 3.27. The third kappa shape index (κ3) is 33.2. The molecule has 2 N–H and O–H groups in total. The molecule has 1 amide bonds. The molecule has 0 bridgehead atoms. The Bertz CT molecular complexity index is 728. The number of hydrogen-bond acceptors (Lipinski definition) is 5. The van der Waals surface area contributed by atoms with E-state index in [1.165, 1.54) is 89.9 Å². The molecule has 3 fully saturated rings. The molecule has 1 saturated carbocycles. The van der Waals surface area contributed by atoms with Crippen LogP contribution in [0.4, 0.5) is 0 Å². The van der Waals surface area contributed by atoms with Crippen LogP contribution in [0.25, 0.3) is 0 Å². The van der Waals surface area contributed by atoms with Crippen LogP contribution in [0.2, 0.25) is 6.32 Å². The Morgan fingerprint density at radius 2 is 1.48 bits per heavy atom. The van der Waals surface area contributed by atoms with Crippen molar-refractivity contribution in [2.45, 2.75) is 155 Å². The first-order valence-electron chi connectivity index (χ1n) is 18.1. The van der Waals surface area contributed by atoms with Gasteiger partial charge in [0.2, 0.25) is 0 Å². The first-order valence-corrected chi connectivity index (χ1v) is 37.4. The van der Waals surface area contributed by atoms with Crippen LogP contribution in [-0.2, 0) is 33.6 Å². The number of likely N-dealkylation sites (N-methyl/N-ethyl adjacent to an activating group) is 1. The van der Waals surface area contributed by atoms with E-state index in [4.69, 9.17) is 19.5 Å². The topological polar surface area (TPSA) is 79.2 Å². The number of rotatable bonds is 22. The van der Waals surface area contributed by atoms with Crippen LogP contribution in [0.1, 0.15) is 137 Å². The van der Waals surface area contributed by atoms with Crippen LogP contribution in [0.3, 0.4) is 0 Å². The SMILES string of the molecule is CCCCB1O[C@@H](C)[C@H](C(=O)N(C)C)O1.CCCCCCCC/C=C\CO.CCCCCCCC[C@@H]1C[C@@H]1CO.IC[I-]I1C[IH]1.[CH3-].[Zn]. The first kappa shape index (κ1) is 55.0. The minimum absolute atomic E-state index is 0. The summed E-state index contributed by atoms with van der Waals surface area (Å²) in [6.45, 7) is 9.13. The molecule has 3 aliphatic rings. The number of carbonyl (C=O) groups excluding carboxylic acids is 1. The van der Waals surface area contributed by atoms with Gasteiger partial charge < -0.3 is 31.8 Å². The van der Waals surface area contributed by atoms with Gasteiger partial charge in [-0.05, 0) is 44.3 Å². The Morgan fingerprint density at radius 1 is 0.917 bits per heavy atom. The molecule has 2 saturated heterocycles. The Balaban J connectivity index is -0.000000573. The maximum absolute atomic E-state index is 11.7. The number of hydrogen-bond donors (Lipinski definition) is 2. The third-order valence-electron chi connectivity index (χ3n) is 8.14. The van der Waals surface area contributed by atoms with Crippen LogP contribution in [0.5, 0.6) is 0 Å². The van der Waals surface area contributed by atoms with E-state index in [-0.39, 0.29) is 64.5 Å². The molecule has 0 aromatic heterocycles. The van der Waals surface area contributed by atoms with Crippen LogP contribution < -0.4 is 17.2 Å². The summed E-state index contributed by atoms with van der Waals surface area (Å²) >= 11 is 4.44. The van der Waals surface area contributed by atoms with Crippen molar-refractivity contribution in [2.75, 3.05) is 32.2 Å². The third-order valence-corrected chi connectivity index (χ3v) is 64.8. The van der Waals surface area contributed by atoms with Crippen molar-refractivity contribution in [3.8, 4) is 0 Å². The second kappa shape index (κ2) is 39.4. The second-order valence-electron chi connectivity index (χ2n) is 12.6. The van der Waals surface area contributed by atoms with Crippen molar-refractivity contribution in [1.29, 1.82) is 0 Å². The number of allylic oxidation sites excluding steroid dienone is 1. The average molecular weight is 1180 g/mol. The summed E-state index contributed by atoms with van der Waals surface area (Å²) in [6, 6.07) is 0. The maximum Gasteiger partial charge on any atom is 0 e. The van der Waals surface area contributed by atoms with E-state index in [9.17, 15) is 4.79 Å². The zero-order valence-electron chi connectivity index (χ0n) is 31.9. The number of unbranched alkanes of at least 4 members (excludes halogenated alkanes) is 12. The zero-order chi connectivity index (χ0) is 34.4. The van der Waals surface area contributed by atoms with Gasteiger partial charge in [-0.2, -0.15) is 0 Å². The van der Waals surface area contributed by atoms with Gasteiger partial charge in [0.05, 0.1) is 12.7 Å². The molecule has 0 spiro atoms. The Labute approximate surface area is 345 Å². The smallest absolute Gasteiger partial charge is 0 e. The minimum atomic E-state index is -0.429. The fourth-order valence-electron chi connectivity index (χ4n) is 5.06. The van der Waals surface area contributed by atoms with Crippen molar-refractivity contribution in [3.05, 3.63) is 19.6 Å². The predicted molar refractivity (Wildman–Crippen MR) is 230 cm³/mol. The van der Waals surface area contributed by atoms with E-state index in [0.717, 1.165) is 66.0 Å². The summed E-state index contributed by atoms with van der Waals surface area (Å²) < 4.78 is 14.6. The molecule has 2 heterocycles. The Morgan fingerprint density at radius 3 is 1.94 bits per heavy atom. The van der Waals surface area contributed by atoms with E-state index < -0.39 is 6.10 Å². The summed E-state index contributed by atoms with van der Waals surface area (Å²) in [5.41, 5.74) is 0. The Hall–Kier alpha value is 2.66. The largest absolute Gasteiger partial charge is 0.358 e. The van der Waals surface area contributed by atoms with E-state index in [2.05, 4.69) is 49.4 Å². The number of amides is 1. The molecular formula is C36H74BI4NO5Zn-2. The molecule has 12 heteroatoms. The van der Waals surface area contributed by atoms with Crippen molar-refractivity contribution < 1.29 is 61.0 Å². The molecule has 1 aliphatic carbocycles. The second-order valence-corrected chi connectivity index (χ2v) is 57.9. The first-order chi connectivity index (χ1) is 22.3. The van der Waals surface area contributed by atoms with Gasteiger partial charge in [-0.25, -0.2) is 0 Å². The number of carbonyl (C=O) groups is 1. The molecule has 0 radical (unpaired) electrons. The van der Waals surface area contributed by atoms with Gasteiger partial charge >= 0.3 is 80.9 Å². The van der Waals surface area contributed by atoms with E-state index in [1.807, 2.05) is 15.4 Å². The molecular weight excluding hydrogens is 1110 g/mol. The van der Waals surface area contributed by atoms with Crippen molar-refractivity contribution >= 4 is 64.7 Å². The molecule has 288 valence electrons. The van der Waals surface area contributed by atoms with Gasteiger partial charge in [0.15, 0.2) is 0 Å². The number of nitrogens with zero attached hydrogens (tertiary/aromatic N) is 1. The van der Waals surface area contributed by atoms with Crippen molar-refractivity contribution in [2.24, 2.45) is 11.8 Å². The zero-order valence-corrected chi connectivity index (χ0v) is 43.7.